The van der Waals surface area contributed by atoms with Crippen LogP contribution in [0.25, 0.3) is 11.4 Å². The Morgan fingerprint density at radius 1 is 1.16 bits per heavy atom. The van der Waals surface area contributed by atoms with Gasteiger partial charge in [0.2, 0.25) is 11.7 Å². The molecular weight excluding hydrogens is 402 g/mol. The fourth-order valence-electron chi connectivity index (χ4n) is 3.22. The summed E-state index contributed by atoms with van der Waals surface area (Å²) >= 11 is 0. The molecule has 4 rings (SSSR count). The molecule has 1 aliphatic heterocycles. The lowest BCUT2D eigenvalue weighted by atomic mass is 10.2. The molecule has 0 spiro atoms. The smallest absolute Gasteiger partial charge is 0.344 e. The summed E-state index contributed by atoms with van der Waals surface area (Å²) in [6, 6.07) is 14.3. The van der Waals surface area contributed by atoms with E-state index in [1.807, 2.05) is 12.1 Å². The molecule has 2 heterocycles. The lowest BCUT2D eigenvalue weighted by Crippen LogP contribution is -2.23. The molecule has 9 heteroatoms. The first kappa shape index (κ1) is 20.4. The number of carbonyl (C=O) groups excluding carboxylic acids is 2. The van der Waals surface area contributed by atoms with E-state index in [1.54, 1.807) is 48.4 Å². The third kappa shape index (κ3) is 4.82. The van der Waals surface area contributed by atoms with E-state index in [9.17, 15) is 9.59 Å². The van der Waals surface area contributed by atoms with Crippen molar-refractivity contribution in [1.29, 1.82) is 0 Å². The number of amides is 1. The number of aromatic nitrogens is 2. The molecule has 160 valence electrons. The van der Waals surface area contributed by atoms with Crippen molar-refractivity contribution in [2.45, 2.75) is 19.4 Å². The van der Waals surface area contributed by atoms with E-state index in [0.717, 1.165) is 18.7 Å². The quantitative estimate of drug-likeness (QED) is 0.510. The van der Waals surface area contributed by atoms with Crippen molar-refractivity contribution in [3.05, 3.63) is 54.4 Å². The van der Waals surface area contributed by atoms with Gasteiger partial charge in [-0.05, 0) is 42.8 Å². The number of rotatable bonds is 8. The average Bonchev–Trinajstić information content (AvgIpc) is 3.45. The van der Waals surface area contributed by atoms with Crippen LogP contribution < -0.4 is 14.4 Å². The van der Waals surface area contributed by atoms with Crippen LogP contribution in [0.3, 0.4) is 0 Å². The summed E-state index contributed by atoms with van der Waals surface area (Å²) in [6.45, 7) is 0.287. The number of esters is 1. The topological polar surface area (TPSA) is 104 Å². The molecule has 2 aromatic carbocycles. The molecule has 0 atom stereocenters. The van der Waals surface area contributed by atoms with Crippen molar-refractivity contribution in [2.24, 2.45) is 0 Å². The number of methoxy groups -OCH3 is 1. The SMILES string of the molecule is COc1ccccc1-c1noc(COC(=O)COc2ccc(N3CCCC3=O)cc2)n1. The summed E-state index contributed by atoms with van der Waals surface area (Å²) in [4.78, 5) is 29.7. The molecule has 1 fully saturated rings. The van der Waals surface area contributed by atoms with Gasteiger partial charge in [-0.25, -0.2) is 4.79 Å². The van der Waals surface area contributed by atoms with Crippen LogP contribution in [0, 0.1) is 0 Å². The van der Waals surface area contributed by atoms with Crippen LogP contribution in [0.1, 0.15) is 18.7 Å². The number of nitrogens with zero attached hydrogens (tertiary/aromatic N) is 3. The first-order valence-electron chi connectivity index (χ1n) is 9.79. The third-order valence-electron chi connectivity index (χ3n) is 4.75. The van der Waals surface area contributed by atoms with Gasteiger partial charge in [0.05, 0.1) is 12.7 Å². The van der Waals surface area contributed by atoms with Crippen molar-refractivity contribution >= 4 is 17.6 Å². The first-order chi connectivity index (χ1) is 15.1. The van der Waals surface area contributed by atoms with Crippen molar-refractivity contribution in [1.82, 2.24) is 10.1 Å². The van der Waals surface area contributed by atoms with Gasteiger partial charge in [0, 0.05) is 18.7 Å². The lowest BCUT2D eigenvalue weighted by Gasteiger charge is -2.15. The van der Waals surface area contributed by atoms with Gasteiger partial charge < -0.3 is 23.6 Å². The van der Waals surface area contributed by atoms with Crippen molar-refractivity contribution in [3.8, 4) is 22.9 Å². The zero-order valence-corrected chi connectivity index (χ0v) is 16.9. The molecule has 0 bridgehead atoms. The molecule has 0 N–H and O–H groups in total. The molecular formula is C22H21N3O6. The number of hydrogen-bond acceptors (Lipinski definition) is 8. The molecule has 0 saturated carbocycles. The van der Waals surface area contributed by atoms with E-state index in [1.165, 1.54) is 0 Å². The van der Waals surface area contributed by atoms with E-state index >= 15 is 0 Å². The molecule has 0 radical (unpaired) electrons. The second-order valence-corrected chi connectivity index (χ2v) is 6.80. The van der Waals surface area contributed by atoms with E-state index in [-0.39, 0.29) is 25.0 Å². The van der Waals surface area contributed by atoms with Gasteiger partial charge in [-0.1, -0.05) is 17.3 Å². The first-order valence-corrected chi connectivity index (χ1v) is 9.79. The van der Waals surface area contributed by atoms with Gasteiger partial charge in [-0.15, -0.1) is 0 Å². The Morgan fingerprint density at radius 2 is 1.97 bits per heavy atom. The van der Waals surface area contributed by atoms with Gasteiger partial charge in [0.25, 0.3) is 5.89 Å². The molecule has 0 unspecified atom stereocenters. The summed E-state index contributed by atoms with van der Waals surface area (Å²) in [5, 5.41) is 3.90. The van der Waals surface area contributed by atoms with Gasteiger partial charge in [-0.3, -0.25) is 4.79 Å². The van der Waals surface area contributed by atoms with Gasteiger partial charge in [0.15, 0.2) is 13.2 Å². The summed E-state index contributed by atoms with van der Waals surface area (Å²) < 4.78 is 21.0. The fourth-order valence-corrected chi connectivity index (χ4v) is 3.22. The van der Waals surface area contributed by atoms with Crippen molar-refractivity contribution in [2.75, 3.05) is 25.2 Å². The molecule has 1 amide bonds. The number of benzene rings is 2. The maximum absolute atomic E-state index is 12.0. The third-order valence-corrected chi connectivity index (χ3v) is 4.75. The largest absolute Gasteiger partial charge is 0.496 e. The number of ether oxygens (including phenoxy) is 3. The minimum atomic E-state index is -0.573. The van der Waals surface area contributed by atoms with Crippen LogP contribution >= 0.6 is 0 Å². The van der Waals surface area contributed by atoms with Crippen LogP contribution in [0.2, 0.25) is 0 Å². The number of carbonyl (C=O) groups is 2. The van der Waals surface area contributed by atoms with Gasteiger partial charge in [-0.2, -0.15) is 4.98 Å². The minimum absolute atomic E-state index is 0.118. The number of anilines is 1. The summed E-state index contributed by atoms with van der Waals surface area (Å²) in [7, 11) is 1.56. The van der Waals surface area contributed by atoms with Crippen LogP contribution in [-0.2, 0) is 20.9 Å². The minimum Gasteiger partial charge on any atom is -0.496 e. The predicted octanol–water partition coefficient (Wildman–Crippen LogP) is 2.99. The van der Waals surface area contributed by atoms with Crippen molar-refractivity contribution < 1.29 is 28.3 Å². The number of para-hydroxylation sites is 1. The second-order valence-electron chi connectivity index (χ2n) is 6.80. The average molecular weight is 423 g/mol. The van der Waals surface area contributed by atoms with E-state index < -0.39 is 5.97 Å². The van der Waals surface area contributed by atoms with Gasteiger partial charge in [0.1, 0.15) is 11.5 Å². The van der Waals surface area contributed by atoms with Crippen LogP contribution in [0.4, 0.5) is 5.69 Å². The summed E-state index contributed by atoms with van der Waals surface area (Å²) in [5.41, 5.74) is 1.49. The zero-order valence-electron chi connectivity index (χ0n) is 16.9. The highest BCUT2D eigenvalue weighted by Crippen LogP contribution is 2.27. The highest BCUT2D eigenvalue weighted by atomic mass is 16.6. The Hall–Kier alpha value is -3.88. The Labute approximate surface area is 178 Å². The van der Waals surface area contributed by atoms with E-state index in [4.69, 9.17) is 18.7 Å². The Kier molecular flexibility index (Phi) is 6.11. The number of hydrogen-bond donors (Lipinski definition) is 0. The van der Waals surface area contributed by atoms with Crippen LogP contribution in [0.15, 0.2) is 53.1 Å². The van der Waals surface area contributed by atoms with E-state index in [2.05, 4.69) is 10.1 Å². The van der Waals surface area contributed by atoms with Gasteiger partial charge >= 0.3 is 5.97 Å². The monoisotopic (exact) mass is 423 g/mol. The molecule has 31 heavy (non-hydrogen) atoms. The van der Waals surface area contributed by atoms with Crippen LogP contribution in [-0.4, -0.2) is 42.3 Å². The maximum Gasteiger partial charge on any atom is 0.344 e. The lowest BCUT2D eigenvalue weighted by molar-refractivity contribution is -0.148. The van der Waals surface area contributed by atoms with Crippen LogP contribution in [0.5, 0.6) is 11.5 Å². The summed E-state index contributed by atoms with van der Waals surface area (Å²) in [5.74, 6) is 1.16. The Morgan fingerprint density at radius 3 is 2.71 bits per heavy atom. The molecule has 1 aliphatic rings. The van der Waals surface area contributed by atoms with E-state index in [0.29, 0.717) is 29.3 Å². The standard InChI is InChI=1S/C22H21N3O6/c1-28-18-6-3-2-5-17(18)22-23-19(31-24-22)13-30-21(27)14-29-16-10-8-15(9-11-16)25-12-4-7-20(25)26/h2-3,5-6,8-11H,4,7,12-14H2,1H3. The predicted molar refractivity (Wildman–Crippen MR) is 110 cm³/mol. The fraction of sp³-hybridized carbons (Fsp3) is 0.273. The molecule has 1 aromatic heterocycles. The molecule has 3 aromatic rings. The highest BCUT2D eigenvalue weighted by molar-refractivity contribution is 5.95. The highest BCUT2D eigenvalue weighted by Gasteiger charge is 2.21. The zero-order chi connectivity index (χ0) is 21.6. The summed E-state index contributed by atoms with van der Waals surface area (Å²) in [6.07, 6.45) is 1.44. The Balaban J connectivity index is 1.26. The molecule has 9 nitrogen and oxygen atoms in total. The van der Waals surface area contributed by atoms with Crippen molar-refractivity contribution in [3.63, 3.8) is 0 Å². The Bertz CT molecular complexity index is 1060. The maximum atomic E-state index is 12.0. The normalized spacial score (nSPS) is 13.3. The second kappa shape index (κ2) is 9.29. The molecule has 1 saturated heterocycles. The molecule has 0 aliphatic carbocycles.